The largest absolute Gasteiger partial charge is 0.298 e. The van der Waals surface area contributed by atoms with E-state index in [2.05, 4.69) is 13.2 Å². The van der Waals surface area contributed by atoms with Crippen LogP contribution in [0.4, 0.5) is 0 Å². The lowest BCUT2D eigenvalue weighted by Gasteiger charge is -2.00. The minimum Gasteiger partial charge on any atom is -0.298 e. The van der Waals surface area contributed by atoms with E-state index in [0.29, 0.717) is 17.4 Å². The molecule has 0 atom stereocenters. The van der Waals surface area contributed by atoms with Gasteiger partial charge in [-0.3, -0.25) is 9.59 Å². The highest BCUT2D eigenvalue weighted by Crippen LogP contribution is 2.14. The molecule has 16 heavy (non-hydrogen) atoms. The van der Waals surface area contributed by atoms with Gasteiger partial charge >= 0.3 is 0 Å². The van der Waals surface area contributed by atoms with Crippen LogP contribution in [-0.4, -0.2) is 12.6 Å². The second-order valence-electron chi connectivity index (χ2n) is 3.29. The molecule has 0 saturated heterocycles. The van der Waals surface area contributed by atoms with E-state index in [-0.39, 0.29) is 0 Å². The summed E-state index contributed by atoms with van der Waals surface area (Å²) in [6.07, 6.45) is 4.78. The summed E-state index contributed by atoms with van der Waals surface area (Å²) in [5.41, 5.74) is 2.68. The zero-order chi connectivity index (χ0) is 12.0. The Bertz CT molecular complexity index is 450. The van der Waals surface area contributed by atoms with Crippen LogP contribution in [0.25, 0.3) is 5.57 Å². The van der Waals surface area contributed by atoms with Gasteiger partial charge in [0.15, 0.2) is 0 Å². The SMILES string of the molecule is C=C(C=O)/C=C\C(=C)c1ccc(C=O)cc1. The highest BCUT2D eigenvalue weighted by Gasteiger charge is 1.95. The fourth-order valence-corrected chi connectivity index (χ4v) is 1.12. The van der Waals surface area contributed by atoms with E-state index in [0.717, 1.165) is 17.4 Å². The van der Waals surface area contributed by atoms with Crippen molar-refractivity contribution in [3.63, 3.8) is 0 Å². The topological polar surface area (TPSA) is 34.1 Å². The number of allylic oxidation sites excluding steroid dienone is 4. The van der Waals surface area contributed by atoms with Crippen molar-refractivity contribution in [2.24, 2.45) is 0 Å². The lowest BCUT2D eigenvalue weighted by Crippen LogP contribution is -1.83. The molecule has 0 aliphatic carbocycles. The molecule has 80 valence electrons. The van der Waals surface area contributed by atoms with Crippen molar-refractivity contribution >= 4 is 18.1 Å². The Morgan fingerprint density at radius 3 is 2.12 bits per heavy atom. The zero-order valence-corrected chi connectivity index (χ0v) is 8.85. The quantitative estimate of drug-likeness (QED) is 0.427. The first-order valence-corrected chi connectivity index (χ1v) is 4.74. The highest BCUT2D eigenvalue weighted by molar-refractivity contribution is 5.81. The van der Waals surface area contributed by atoms with E-state index < -0.39 is 0 Å². The lowest BCUT2D eigenvalue weighted by atomic mass is 10.0. The summed E-state index contributed by atoms with van der Waals surface area (Å²) < 4.78 is 0. The normalized spacial score (nSPS) is 10.0. The van der Waals surface area contributed by atoms with Gasteiger partial charge in [-0.25, -0.2) is 0 Å². The van der Waals surface area contributed by atoms with E-state index in [1.165, 1.54) is 0 Å². The summed E-state index contributed by atoms with van der Waals surface area (Å²) in [7, 11) is 0. The number of carbonyl (C=O) groups excluding carboxylic acids is 2. The van der Waals surface area contributed by atoms with E-state index in [4.69, 9.17) is 0 Å². The summed E-state index contributed by atoms with van der Waals surface area (Å²) in [4.78, 5) is 20.8. The zero-order valence-electron chi connectivity index (χ0n) is 8.85. The first-order valence-electron chi connectivity index (χ1n) is 4.74. The fourth-order valence-electron chi connectivity index (χ4n) is 1.12. The molecular weight excluding hydrogens is 200 g/mol. The molecule has 0 unspecified atom stereocenters. The Morgan fingerprint density at radius 2 is 1.62 bits per heavy atom. The van der Waals surface area contributed by atoms with Crippen LogP contribution in [0.5, 0.6) is 0 Å². The molecule has 1 aromatic carbocycles. The minimum absolute atomic E-state index is 0.394. The second-order valence-corrected chi connectivity index (χ2v) is 3.29. The maximum absolute atomic E-state index is 10.5. The number of carbonyl (C=O) groups is 2. The monoisotopic (exact) mass is 212 g/mol. The van der Waals surface area contributed by atoms with E-state index >= 15 is 0 Å². The molecule has 2 heteroatoms. The van der Waals surface area contributed by atoms with Crippen LogP contribution in [-0.2, 0) is 4.79 Å². The maximum atomic E-state index is 10.5. The van der Waals surface area contributed by atoms with Crippen LogP contribution in [0, 0.1) is 0 Å². The molecule has 0 amide bonds. The Morgan fingerprint density at radius 1 is 1.00 bits per heavy atom. The average molecular weight is 212 g/mol. The predicted octanol–water partition coefficient (Wildman–Crippen LogP) is 2.82. The molecule has 1 aromatic rings. The van der Waals surface area contributed by atoms with Crippen molar-refractivity contribution in [2.75, 3.05) is 0 Å². The van der Waals surface area contributed by atoms with Crippen LogP contribution in [0.3, 0.4) is 0 Å². The highest BCUT2D eigenvalue weighted by atomic mass is 16.1. The Labute approximate surface area is 94.6 Å². The summed E-state index contributed by atoms with van der Waals surface area (Å²) in [5.74, 6) is 0. The molecule has 0 aliphatic rings. The number of hydrogen-bond donors (Lipinski definition) is 0. The second kappa shape index (κ2) is 5.61. The standard InChI is InChI=1S/C14H12O2/c1-11(9-15)3-4-12(2)14-7-5-13(10-16)6-8-14/h3-10H,1-2H2/b4-3-. The smallest absolute Gasteiger partial charge is 0.150 e. The molecule has 0 fully saturated rings. The molecule has 1 rings (SSSR count). The van der Waals surface area contributed by atoms with Gasteiger partial charge in [-0.2, -0.15) is 0 Å². The van der Waals surface area contributed by atoms with Gasteiger partial charge in [0, 0.05) is 11.1 Å². The van der Waals surface area contributed by atoms with Crippen LogP contribution in [0.1, 0.15) is 15.9 Å². The van der Waals surface area contributed by atoms with Gasteiger partial charge in [0.1, 0.15) is 12.6 Å². The molecule has 0 radical (unpaired) electrons. The van der Waals surface area contributed by atoms with Crippen LogP contribution >= 0.6 is 0 Å². The van der Waals surface area contributed by atoms with Gasteiger partial charge < -0.3 is 0 Å². The Hall–Kier alpha value is -2.22. The van der Waals surface area contributed by atoms with Crippen molar-refractivity contribution in [3.05, 3.63) is 66.3 Å². The van der Waals surface area contributed by atoms with Gasteiger partial charge in [-0.15, -0.1) is 0 Å². The predicted molar refractivity (Wildman–Crippen MR) is 65.2 cm³/mol. The fraction of sp³-hybridized carbons (Fsp3) is 0. The van der Waals surface area contributed by atoms with Gasteiger partial charge in [-0.05, 0) is 11.1 Å². The molecule has 0 aromatic heterocycles. The average Bonchev–Trinajstić information content (AvgIpc) is 2.35. The molecule has 0 bridgehead atoms. The van der Waals surface area contributed by atoms with Gasteiger partial charge in [-0.1, -0.05) is 49.6 Å². The molecule has 2 nitrogen and oxygen atoms in total. The Kier molecular flexibility index (Phi) is 4.16. The molecule has 0 aliphatic heterocycles. The molecule has 0 N–H and O–H groups in total. The summed E-state index contributed by atoms with van der Waals surface area (Å²) in [6.45, 7) is 7.38. The van der Waals surface area contributed by atoms with Crippen molar-refractivity contribution < 1.29 is 9.59 Å². The van der Waals surface area contributed by atoms with Crippen LogP contribution < -0.4 is 0 Å². The minimum atomic E-state index is 0.394. The van der Waals surface area contributed by atoms with Crippen LogP contribution in [0.2, 0.25) is 0 Å². The van der Waals surface area contributed by atoms with Crippen molar-refractivity contribution in [1.82, 2.24) is 0 Å². The first kappa shape index (κ1) is 11.9. The van der Waals surface area contributed by atoms with E-state index in [1.54, 1.807) is 36.4 Å². The third-order valence-corrected chi connectivity index (χ3v) is 2.07. The van der Waals surface area contributed by atoms with E-state index in [1.807, 2.05) is 0 Å². The molecule has 0 heterocycles. The summed E-state index contributed by atoms with van der Waals surface area (Å²) >= 11 is 0. The molecule has 0 spiro atoms. The third kappa shape index (κ3) is 3.17. The third-order valence-electron chi connectivity index (χ3n) is 2.07. The summed E-state index contributed by atoms with van der Waals surface area (Å²) in [5, 5.41) is 0. The lowest BCUT2D eigenvalue weighted by molar-refractivity contribution is -0.104. The molecular formula is C14H12O2. The number of hydrogen-bond acceptors (Lipinski definition) is 2. The van der Waals surface area contributed by atoms with Crippen molar-refractivity contribution in [3.8, 4) is 0 Å². The number of benzene rings is 1. The number of rotatable bonds is 5. The van der Waals surface area contributed by atoms with Gasteiger partial charge in [0.05, 0.1) is 0 Å². The summed E-state index contributed by atoms with van der Waals surface area (Å²) in [6, 6.07) is 7.05. The van der Waals surface area contributed by atoms with E-state index in [9.17, 15) is 9.59 Å². The van der Waals surface area contributed by atoms with Crippen molar-refractivity contribution in [2.45, 2.75) is 0 Å². The maximum Gasteiger partial charge on any atom is 0.150 e. The van der Waals surface area contributed by atoms with Gasteiger partial charge in [0.2, 0.25) is 0 Å². The first-order chi connectivity index (χ1) is 7.67. The Balaban J connectivity index is 2.80. The van der Waals surface area contributed by atoms with Crippen LogP contribution in [0.15, 0.2) is 55.1 Å². The molecule has 0 saturated carbocycles. The number of aldehydes is 2. The van der Waals surface area contributed by atoms with Gasteiger partial charge in [0.25, 0.3) is 0 Å². The van der Waals surface area contributed by atoms with Crippen molar-refractivity contribution in [1.29, 1.82) is 0 Å².